The number of aryl methyl sites for hydroxylation is 1. The number of hydrogen-bond donors (Lipinski definition) is 1. The molecule has 0 unspecified atom stereocenters. The summed E-state index contributed by atoms with van der Waals surface area (Å²) in [7, 11) is 4.52. The summed E-state index contributed by atoms with van der Waals surface area (Å²) >= 11 is 5.03. The number of nitrogens with zero attached hydrogens (tertiary/aromatic N) is 1. The molecular formula is C20H19BrN2O4S. The van der Waals surface area contributed by atoms with E-state index in [0.717, 1.165) is 16.3 Å². The molecule has 8 heteroatoms. The van der Waals surface area contributed by atoms with Gasteiger partial charge in [-0.15, -0.1) is 11.3 Å². The van der Waals surface area contributed by atoms with Crippen LogP contribution < -0.4 is 19.5 Å². The van der Waals surface area contributed by atoms with Crippen LogP contribution in [-0.4, -0.2) is 32.2 Å². The van der Waals surface area contributed by atoms with E-state index < -0.39 is 0 Å². The predicted octanol–water partition coefficient (Wildman–Crippen LogP) is 5.16. The molecule has 1 amide bonds. The van der Waals surface area contributed by atoms with Crippen molar-refractivity contribution in [2.24, 2.45) is 0 Å². The van der Waals surface area contributed by atoms with Crippen molar-refractivity contribution in [1.82, 2.24) is 4.98 Å². The van der Waals surface area contributed by atoms with Crippen LogP contribution in [0.3, 0.4) is 0 Å². The molecule has 1 heterocycles. The summed E-state index contributed by atoms with van der Waals surface area (Å²) in [5, 5.41) is 5.91. The molecule has 146 valence electrons. The Morgan fingerprint density at radius 3 is 2.29 bits per heavy atom. The number of carbonyl (C=O) groups is 1. The van der Waals surface area contributed by atoms with Crippen LogP contribution >= 0.6 is 27.3 Å². The molecule has 0 aliphatic carbocycles. The van der Waals surface area contributed by atoms with Crippen molar-refractivity contribution in [2.45, 2.75) is 6.92 Å². The highest BCUT2D eigenvalue weighted by Gasteiger charge is 2.23. The van der Waals surface area contributed by atoms with Gasteiger partial charge in [0.25, 0.3) is 5.91 Å². The van der Waals surface area contributed by atoms with Crippen LogP contribution in [0, 0.1) is 6.92 Å². The lowest BCUT2D eigenvalue weighted by Crippen LogP contribution is -2.13. The molecule has 3 aromatic rings. The molecule has 6 nitrogen and oxygen atoms in total. The molecule has 0 bridgehead atoms. The first-order valence-corrected chi connectivity index (χ1v) is 9.98. The van der Waals surface area contributed by atoms with Crippen molar-refractivity contribution < 1.29 is 19.0 Å². The second-order valence-electron chi connectivity index (χ2n) is 5.79. The number of aromatic nitrogens is 1. The fourth-order valence-corrected chi connectivity index (χ4v) is 3.96. The molecule has 0 aliphatic rings. The normalized spacial score (nSPS) is 10.5. The molecule has 0 radical (unpaired) electrons. The van der Waals surface area contributed by atoms with E-state index >= 15 is 0 Å². The van der Waals surface area contributed by atoms with Crippen molar-refractivity contribution in [3.8, 4) is 28.5 Å². The van der Waals surface area contributed by atoms with Crippen molar-refractivity contribution in [2.75, 3.05) is 26.6 Å². The summed E-state index contributed by atoms with van der Waals surface area (Å²) in [6.07, 6.45) is 0. The van der Waals surface area contributed by atoms with Crippen molar-refractivity contribution >= 4 is 38.9 Å². The Balaban J connectivity index is 1.86. The van der Waals surface area contributed by atoms with Gasteiger partial charge in [0.2, 0.25) is 5.75 Å². The average Bonchev–Trinajstić information content (AvgIpc) is 3.14. The Kier molecular flexibility index (Phi) is 6.21. The quantitative estimate of drug-likeness (QED) is 0.547. The first-order valence-electron chi connectivity index (χ1n) is 8.30. The van der Waals surface area contributed by atoms with Crippen molar-refractivity contribution in [3.05, 3.63) is 50.8 Å². The number of ether oxygens (including phenoxy) is 3. The molecule has 1 aromatic heterocycles. The van der Waals surface area contributed by atoms with Crippen LogP contribution in [0.25, 0.3) is 11.3 Å². The van der Waals surface area contributed by atoms with Gasteiger partial charge in [-0.2, -0.15) is 0 Å². The number of amides is 1. The molecular weight excluding hydrogens is 444 g/mol. The third-order valence-corrected chi connectivity index (χ3v) is 5.63. The predicted molar refractivity (Wildman–Crippen MR) is 114 cm³/mol. The van der Waals surface area contributed by atoms with E-state index in [-0.39, 0.29) is 5.91 Å². The fraction of sp³-hybridized carbons (Fsp3) is 0.200. The minimum atomic E-state index is -0.302. The summed E-state index contributed by atoms with van der Waals surface area (Å²) in [5.41, 5.74) is 2.96. The van der Waals surface area contributed by atoms with E-state index in [1.54, 1.807) is 17.4 Å². The Morgan fingerprint density at radius 2 is 1.75 bits per heavy atom. The maximum absolute atomic E-state index is 12.8. The van der Waals surface area contributed by atoms with Gasteiger partial charge in [-0.05, 0) is 41.1 Å². The van der Waals surface area contributed by atoms with E-state index in [2.05, 4.69) is 26.2 Å². The largest absolute Gasteiger partial charge is 0.493 e. The SMILES string of the molecule is COc1cc(C(=O)Nc2ccc(-c3csc(C)n3)cc2)c(Br)c(OC)c1OC. The van der Waals surface area contributed by atoms with Crippen LogP contribution in [0.4, 0.5) is 5.69 Å². The molecule has 1 N–H and O–H groups in total. The van der Waals surface area contributed by atoms with Gasteiger partial charge < -0.3 is 19.5 Å². The van der Waals surface area contributed by atoms with E-state index in [9.17, 15) is 4.79 Å². The van der Waals surface area contributed by atoms with Crippen LogP contribution in [-0.2, 0) is 0 Å². The number of thiazole rings is 1. The third-order valence-electron chi connectivity index (χ3n) is 4.07. The molecule has 0 fully saturated rings. The smallest absolute Gasteiger partial charge is 0.257 e. The minimum absolute atomic E-state index is 0.302. The van der Waals surface area contributed by atoms with E-state index in [1.807, 2.05) is 36.6 Å². The Hall–Kier alpha value is -2.58. The number of hydrogen-bond acceptors (Lipinski definition) is 6. The summed E-state index contributed by atoms with van der Waals surface area (Å²) < 4.78 is 16.5. The van der Waals surface area contributed by atoms with Gasteiger partial charge >= 0.3 is 0 Å². The molecule has 0 saturated carbocycles. The summed E-state index contributed by atoms with van der Waals surface area (Å²) in [5.74, 6) is 0.905. The van der Waals surface area contributed by atoms with Gasteiger partial charge in [0.15, 0.2) is 11.5 Å². The molecule has 28 heavy (non-hydrogen) atoms. The zero-order valence-corrected chi connectivity index (χ0v) is 18.2. The number of benzene rings is 2. The summed E-state index contributed by atoms with van der Waals surface area (Å²) in [4.78, 5) is 17.3. The van der Waals surface area contributed by atoms with Crippen LogP contribution in [0.15, 0.2) is 40.2 Å². The lowest BCUT2D eigenvalue weighted by atomic mass is 10.1. The molecule has 0 aliphatic heterocycles. The number of carbonyl (C=O) groups excluding carboxylic acids is 1. The molecule has 0 saturated heterocycles. The van der Waals surface area contributed by atoms with Crippen LogP contribution in [0.1, 0.15) is 15.4 Å². The number of halogens is 1. The average molecular weight is 463 g/mol. The maximum Gasteiger partial charge on any atom is 0.257 e. The number of nitrogens with one attached hydrogen (secondary N) is 1. The van der Waals surface area contributed by atoms with E-state index in [4.69, 9.17) is 14.2 Å². The van der Waals surface area contributed by atoms with Crippen molar-refractivity contribution in [3.63, 3.8) is 0 Å². The maximum atomic E-state index is 12.8. The Morgan fingerprint density at radius 1 is 1.07 bits per heavy atom. The monoisotopic (exact) mass is 462 g/mol. The lowest BCUT2D eigenvalue weighted by Gasteiger charge is -2.16. The van der Waals surface area contributed by atoms with E-state index in [1.165, 1.54) is 21.3 Å². The number of methoxy groups -OCH3 is 3. The van der Waals surface area contributed by atoms with Gasteiger partial charge in [-0.3, -0.25) is 4.79 Å². The second-order valence-corrected chi connectivity index (χ2v) is 7.65. The Labute approximate surface area is 175 Å². The Bertz CT molecular complexity index is 1000. The summed E-state index contributed by atoms with van der Waals surface area (Å²) in [6, 6.07) is 9.14. The second kappa shape index (κ2) is 8.62. The highest BCUT2D eigenvalue weighted by Crippen LogP contribution is 2.44. The standard InChI is InChI=1S/C20H19BrN2O4S/c1-11-22-15(10-28-11)12-5-7-13(8-6-12)23-20(24)14-9-16(25-2)18(26-3)19(27-4)17(14)21/h5-10H,1-4H3,(H,23,24). The lowest BCUT2D eigenvalue weighted by molar-refractivity contribution is 0.102. The van der Waals surface area contributed by atoms with Gasteiger partial charge in [0.05, 0.1) is 42.1 Å². The minimum Gasteiger partial charge on any atom is -0.493 e. The first-order chi connectivity index (χ1) is 13.5. The van der Waals surface area contributed by atoms with Crippen molar-refractivity contribution in [1.29, 1.82) is 0 Å². The topological polar surface area (TPSA) is 69.7 Å². The van der Waals surface area contributed by atoms with Crippen LogP contribution in [0.2, 0.25) is 0 Å². The molecule has 0 spiro atoms. The first kappa shape index (κ1) is 20.2. The molecule has 2 aromatic carbocycles. The van der Waals surface area contributed by atoms with Crippen LogP contribution in [0.5, 0.6) is 17.2 Å². The zero-order valence-electron chi connectivity index (χ0n) is 15.8. The molecule has 3 rings (SSSR count). The van der Waals surface area contributed by atoms with E-state index in [0.29, 0.717) is 33.0 Å². The highest BCUT2D eigenvalue weighted by molar-refractivity contribution is 9.10. The summed E-state index contributed by atoms with van der Waals surface area (Å²) in [6.45, 7) is 1.97. The van der Waals surface area contributed by atoms with Gasteiger partial charge in [0, 0.05) is 16.6 Å². The number of rotatable bonds is 6. The third kappa shape index (κ3) is 3.98. The number of anilines is 1. The van der Waals surface area contributed by atoms with Gasteiger partial charge in [-0.1, -0.05) is 12.1 Å². The van der Waals surface area contributed by atoms with Gasteiger partial charge in [-0.25, -0.2) is 4.98 Å². The zero-order chi connectivity index (χ0) is 20.3. The fourth-order valence-electron chi connectivity index (χ4n) is 2.71. The highest BCUT2D eigenvalue weighted by atomic mass is 79.9. The molecule has 0 atom stereocenters. The van der Waals surface area contributed by atoms with Gasteiger partial charge in [0.1, 0.15) is 0 Å².